The van der Waals surface area contributed by atoms with Gasteiger partial charge in [0.25, 0.3) is 0 Å². The minimum atomic E-state index is 0.367. The fourth-order valence-corrected chi connectivity index (χ4v) is 3.99. The molecule has 3 nitrogen and oxygen atoms in total. The van der Waals surface area contributed by atoms with Crippen molar-refractivity contribution in [1.82, 2.24) is 4.90 Å². The summed E-state index contributed by atoms with van der Waals surface area (Å²) >= 11 is 0. The van der Waals surface area contributed by atoms with Crippen LogP contribution in [0.2, 0.25) is 0 Å². The smallest absolute Gasteiger partial charge is 0.127 e. The fourth-order valence-electron chi connectivity index (χ4n) is 3.99. The normalized spacial score (nSPS) is 19.5. The summed E-state index contributed by atoms with van der Waals surface area (Å²) in [5, 5.41) is 0. The van der Waals surface area contributed by atoms with E-state index in [1.165, 1.54) is 44.3 Å². The van der Waals surface area contributed by atoms with Crippen molar-refractivity contribution in [3.63, 3.8) is 0 Å². The van der Waals surface area contributed by atoms with Crippen LogP contribution in [0.4, 0.5) is 0 Å². The Morgan fingerprint density at radius 1 is 1.08 bits per heavy atom. The lowest BCUT2D eigenvalue weighted by molar-refractivity contribution is 0.127. The quantitative estimate of drug-likeness (QED) is 0.789. The molecule has 25 heavy (non-hydrogen) atoms. The Bertz CT molecular complexity index is 641. The molecule has 1 heterocycles. The van der Waals surface area contributed by atoms with Gasteiger partial charge >= 0.3 is 0 Å². The first-order chi connectivity index (χ1) is 12.3. The SMILES string of the molecule is CCCN1CCCCC1C(CN)c1cccc(Oc2ccccc2)c1. The summed E-state index contributed by atoms with van der Waals surface area (Å²) in [4.78, 5) is 2.64. The number of ether oxygens (including phenoxy) is 1. The van der Waals surface area contributed by atoms with E-state index < -0.39 is 0 Å². The van der Waals surface area contributed by atoms with E-state index in [0.29, 0.717) is 18.5 Å². The average molecular weight is 338 g/mol. The molecule has 2 unspecified atom stereocenters. The Kier molecular flexibility index (Phi) is 6.48. The number of likely N-dealkylation sites (tertiary alicyclic amines) is 1. The summed E-state index contributed by atoms with van der Waals surface area (Å²) in [5.41, 5.74) is 7.52. The molecule has 2 atom stereocenters. The van der Waals surface area contributed by atoms with Crippen molar-refractivity contribution in [3.8, 4) is 11.5 Å². The molecule has 0 bridgehead atoms. The van der Waals surface area contributed by atoms with Crippen LogP contribution < -0.4 is 10.5 Å². The molecule has 1 fully saturated rings. The Morgan fingerprint density at radius 2 is 1.88 bits per heavy atom. The number of nitrogens with two attached hydrogens (primary N) is 1. The second-order valence-corrected chi connectivity index (χ2v) is 6.93. The van der Waals surface area contributed by atoms with Gasteiger partial charge in [0.2, 0.25) is 0 Å². The van der Waals surface area contributed by atoms with Crippen molar-refractivity contribution in [1.29, 1.82) is 0 Å². The van der Waals surface area contributed by atoms with E-state index in [0.717, 1.165) is 11.5 Å². The third kappa shape index (κ3) is 4.62. The van der Waals surface area contributed by atoms with E-state index in [4.69, 9.17) is 10.5 Å². The molecule has 2 aromatic rings. The maximum atomic E-state index is 6.23. The molecule has 0 aliphatic carbocycles. The zero-order valence-corrected chi connectivity index (χ0v) is 15.2. The van der Waals surface area contributed by atoms with Crippen LogP contribution in [0.3, 0.4) is 0 Å². The van der Waals surface area contributed by atoms with E-state index in [1.54, 1.807) is 0 Å². The molecule has 0 spiro atoms. The minimum Gasteiger partial charge on any atom is -0.457 e. The van der Waals surface area contributed by atoms with Gasteiger partial charge in [-0.2, -0.15) is 0 Å². The highest BCUT2D eigenvalue weighted by atomic mass is 16.5. The largest absolute Gasteiger partial charge is 0.457 e. The van der Waals surface area contributed by atoms with Gasteiger partial charge in [-0.3, -0.25) is 4.90 Å². The summed E-state index contributed by atoms with van der Waals surface area (Å²) in [6.45, 7) is 5.31. The zero-order chi connectivity index (χ0) is 17.5. The Balaban J connectivity index is 1.79. The van der Waals surface area contributed by atoms with Gasteiger partial charge in [-0.1, -0.05) is 43.7 Å². The van der Waals surface area contributed by atoms with E-state index in [1.807, 2.05) is 36.4 Å². The molecule has 0 radical (unpaired) electrons. The van der Waals surface area contributed by atoms with E-state index in [9.17, 15) is 0 Å². The first kappa shape index (κ1) is 18.0. The van der Waals surface area contributed by atoms with Crippen molar-refractivity contribution >= 4 is 0 Å². The summed E-state index contributed by atoms with van der Waals surface area (Å²) in [6.07, 6.45) is 5.06. The van der Waals surface area contributed by atoms with Crippen LogP contribution >= 0.6 is 0 Å². The maximum Gasteiger partial charge on any atom is 0.127 e. The molecule has 1 aliphatic rings. The highest BCUT2D eigenvalue weighted by Crippen LogP contribution is 2.32. The number of benzene rings is 2. The first-order valence-corrected chi connectivity index (χ1v) is 9.58. The standard InChI is InChI=1S/C22H30N2O/c1-2-14-24-15-7-6-13-22(24)21(17-23)18-9-8-12-20(16-18)25-19-10-4-3-5-11-19/h3-5,8-12,16,21-22H,2,6-7,13-15,17,23H2,1H3. The molecule has 0 amide bonds. The van der Waals surface area contributed by atoms with Crippen LogP contribution in [0.1, 0.15) is 44.1 Å². The monoisotopic (exact) mass is 338 g/mol. The number of para-hydroxylation sites is 1. The summed E-state index contributed by atoms with van der Waals surface area (Å²) in [5.74, 6) is 2.13. The second kappa shape index (κ2) is 9.02. The maximum absolute atomic E-state index is 6.23. The van der Waals surface area contributed by atoms with Crippen molar-refractivity contribution in [2.75, 3.05) is 19.6 Å². The number of hydrogen-bond acceptors (Lipinski definition) is 3. The second-order valence-electron chi connectivity index (χ2n) is 6.93. The molecule has 134 valence electrons. The molecule has 0 aromatic heterocycles. The lowest BCUT2D eigenvalue weighted by Gasteiger charge is -2.40. The number of hydrogen-bond donors (Lipinski definition) is 1. The molecule has 3 heteroatoms. The fraction of sp³-hybridized carbons (Fsp3) is 0.455. The van der Waals surface area contributed by atoms with Gasteiger partial charge in [0.15, 0.2) is 0 Å². The molecule has 2 aromatic carbocycles. The van der Waals surface area contributed by atoms with E-state index in [-0.39, 0.29) is 0 Å². The molecule has 1 aliphatic heterocycles. The first-order valence-electron chi connectivity index (χ1n) is 9.58. The van der Waals surface area contributed by atoms with Crippen molar-refractivity contribution < 1.29 is 4.74 Å². The third-order valence-corrected chi connectivity index (χ3v) is 5.16. The summed E-state index contributed by atoms with van der Waals surface area (Å²) < 4.78 is 6.02. The minimum absolute atomic E-state index is 0.367. The van der Waals surface area contributed by atoms with Crippen molar-refractivity contribution in [3.05, 3.63) is 60.2 Å². The third-order valence-electron chi connectivity index (χ3n) is 5.16. The summed E-state index contributed by atoms with van der Waals surface area (Å²) in [6, 6.07) is 19.0. The average Bonchev–Trinajstić information content (AvgIpc) is 2.65. The van der Waals surface area contributed by atoms with Gasteiger partial charge in [-0.15, -0.1) is 0 Å². The molecule has 3 rings (SSSR count). The van der Waals surface area contributed by atoms with Gasteiger partial charge in [0.05, 0.1) is 0 Å². The van der Waals surface area contributed by atoms with Crippen LogP contribution in [-0.4, -0.2) is 30.6 Å². The lowest BCUT2D eigenvalue weighted by atomic mass is 9.85. The van der Waals surface area contributed by atoms with Crippen LogP contribution in [0.5, 0.6) is 11.5 Å². The predicted molar refractivity (Wildman–Crippen MR) is 104 cm³/mol. The number of piperidine rings is 1. The predicted octanol–water partition coefficient (Wildman–Crippen LogP) is 4.79. The highest BCUT2D eigenvalue weighted by molar-refractivity contribution is 5.36. The van der Waals surface area contributed by atoms with Gasteiger partial charge < -0.3 is 10.5 Å². The van der Waals surface area contributed by atoms with Gasteiger partial charge in [0.1, 0.15) is 11.5 Å². The van der Waals surface area contributed by atoms with Gasteiger partial charge in [0, 0.05) is 18.5 Å². The molecule has 0 saturated carbocycles. The van der Waals surface area contributed by atoms with E-state index in [2.05, 4.69) is 30.0 Å². The number of rotatable bonds is 7. The topological polar surface area (TPSA) is 38.5 Å². The molecular weight excluding hydrogens is 308 g/mol. The Labute approximate surface area is 151 Å². The van der Waals surface area contributed by atoms with Crippen molar-refractivity contribution in [2.45, 2.75) is 44.6 Å². The van der Waals surface area contributed by atoms with Crippen molar-refractivity contribution in [2.24, 2.45) is 5.73 Å². The van der Waals surface area contributed by atoms with Gasteiger partial charge in [-0.05, 0) is 62.2 Å². The highest BCUT2D eigenvalue weighted by Gasteiger charge is 2.29. The summed E-state index contributed by atoms with van der Waals surface area (Å²) in [7, 11) is 0. The molecule has 1 saturated heterocycles. The van der Waals surface area contributed by atoms with Crippen LogP contribution in [0.25, 0.3) is 0 Å². The Hall–Kier alpha value is -1.84. The van der Waals surface area contributed by atoms with Crippen LogP contribution in [-0.2, 0) is 0 Å². The zero-order valence-electron chi connectivity index (χ0n) is 15.2. The van der Waals surface area contributed by atoms with E-state index >= 15 is 0 Å². The lowest BCUT2D eigenvalue weighted by Crippen LogP contribution is -2.45. The molecule has 2 N–H and O–H groups in total. The van der Waals surface area contributed by atoms with Crippen LogP contribution in [0.15, 0.2) is 54.6 Å². The number of nitrogens with zero attached hydrogens (tertiary/aromatic N) is 1. The molecular formula is C22H30N2O. The van der Waals surface area contributed by atoms with Gasteiger partial charge in [-0.25, -0.2) is 0 Å². The Morgan fingerprint density at radius 3 is 2.64 bits per heavy atom. The van der Waals surface area contributed by atoms with Crippen LogP contribution in [0, 0.1) is 0 Å².